The molecule has 3 rings (SSSR count). The zero-order chi connectivity index (χ0) is 21.5. The third-order valence-corrected chi connectivity index (χ3v) is 4.14. The molecule has 0 aliphatic heterocycles. The number of hydrogen-bond acceptors (Lipinski definition) is 5. The minimum Gasteiger partial charge on any atom is -0.506 e. The number of carbonyl (C=O) groups is 1. The zero-order valence-corrected chi connectivity index (χ0v) is 15.2. The van der Waals surface area contributed by atoms with Gasteiger partial charge in [0, 0.05) is 11.8 Å². The number of phenols is 1. The van der Waals surface area contributed by atoms with Crippen molar-refractivity contribution in [3.8, 4) is 11.5 Å². The summed E-state index contributed by atoms with van der Waals surface area (Å²) in [5, 5.41) is 11.6. The van der Waals surface area contributed by atoms with Gasteiger partial charge in [0.05, 0.1) is 15.9 Å². The molecule has 0 radical (unpaired) electrons. The first-order chi connectivity index (χ1) is 13.5. The van der Waals surface area contributed by atoms with E-state index in [1.165, 1.54) is 12.1 Å². The van der Waals surface area contributed by atoms with Gasteiger partial charge in [0.15, 0.2) is 5.78 Å². The number of aromatic nitrogens is 1. The quantitative estimate of drug-likeness (QED) is 0.406. The summed E-state index contributed by atoms with van der Waals surface area (Å²) in [7, 11) is 0. The predicted octanol–water partition coefficient (Wildman–Crippen LogP) is 4.87. The lowest BCUT2D eigenvalue weighted by atomic mass is 10.1. The van der Waals surface area contributed by atoms with Gasteiger partial charge in [0.2, 0.25) is 5.43 Å². The van der Waals surface area contributed by atoms with Gasteiger partial charge in [-0.3, -0.25) is 9.59 Å². The number of halogens is 5. The first-order valence-corrected chi connectivity index (χ1v) is 8.26. The predicted molar refractivity (Wildman–Crippen MR) is 97.6 cm³/mol. The molecule has 0 saturated heterocycles. The van der Waals surface area contributed by atoms with E-state index in [1.807, 2.05) is 0 Å². The summed E-state index contributed by atoms with van der Waals surface area (Å²) >= 11 is 5.69. The molecule has 2 aromatic carbocycles. The molecule has 0 amide bonds. The van der Waals surface area contributed by atoms with Crippen LogP contribution in [-0.4, -0.2) is 22.2 Å². The largest absolute Gasteiger partial charge is 0.573 e. The van der Waals surface area contributed by atoms with Crippen LogP contribution in [-0.2, 0) is 0 Å². The highest BCUT2D eigenvalue weighted by Crippen LogP contribution is 2.34. The summed E-state index contributed by atoms with van der Waals surface area (Å²) in [6.45, 7) is 1.06. The molecule has 6 nitrogen and oxygen atoms in total. The summed E-state index contributed by atoms with van der Waals surface area (Å²) in [4.78, 5) is 27.2. The van der Waals surface area contributed by atoms with Crippen LogP contribution in [0.4, 0.5) is 29.1 Å². The molecule has 0 aliphatic carbocycles. The minimum absolute atomic E-state index is 0.0165. The smallest absolute Gasteiger partial charge is 0.506 e. The highest BCUT2D eigenvalue weighted by Gasteiger charge is 2.31. The molecule has 3 aromatic rings. The number of Topliss-reactive ketones (excluding diaryl/α,β-unsaturated/α-hetero) is 1. The molecule has 3 N–H and O–H groups in total. The molecule has 0 fully saturated rings. The van der Waals surface area contributed by atoms with Crippen LogP contribution in [0.15, 0.2) is 35.1 Å². The maximum atomic E-state index is 14.3. The molecule has 0 aliphatic rings. The Balaban J connectivity index is 2.18. The number of phenolic OH excluding ortho intramolecular Hbond substituents is 1. The summed E-state index contributed by atoms with van der Waals surface area (Å²) in [5.41, 5.74) is -1.90. The van der Waals surface area contributed by atoms with E-state index in [-0.39, 0.29) is 11.5 Å². The number of H-pyrrole nitrogens is 1. The monoisotopic (exact) mass is 430 g/mol. The number of rotatable bonds is 4. The number of ether oxygens (including phenoxy) is 1. The average molecular weight is 431 g/mol. The molecule has 29 heavy (non-hydrogen) atoms. The molecule has 0 atom stereocenters. The van der Waals surface area contributed by atoms with Crippen LogP contribution >= 0.6 is 11.6 Å². The number of fused-ring (bicyclic) bond motifs is 1. The fraction of sp³-hybridized carbons (Fsp3) is 0.111. The van der Waals surface area contributed by atoms with Crippen molar-refractivity contribution >= 4 is 39.8 Å². The first-order valence-electron chi connectivity index (χ1n) is 7.88. The van der Waals surface area contributed by atoms with E-state index in [9.17, 15) is 32.3 Å². The number of ketones is 1. The number of hydrogen-bond donors (Lipinski definition) is 3. The van der Waals surface area contributed by atoms with Crippen molar-refractivity contribution in [2.75, 3.05) is 5.32 Å². The molecule has 152 valence electrons. The normalized spacial score (nSPS) is 11.5. The van der Waals surface area contributed by atoms with Crippen LogP contribution in [0.2, 0.25) is 5.02 Å². The van der Waals surface area contributed by atoms with Gasteiger partial charge in [-0.15, -0.1) is 13.2 Å². The number of benzene rings is 2. The van der Waals surface area contributed by atoms with Crippen molar-refractivity contribution in [3.63, 3.8) is 0 Å². The summed E-state index contributed by atoms with van der Waals surface area (Å²) in [6.07, 6.45) is -4.92. The Bertz CT molecular complexity index is 1190. The molecule has 1 heterocycles. The van der Waals surface area contributed by atoms with Crippen LogP contribution in [0.1, 0.15) is 17.3 Å². The summed E-state index contributed by atoms with van der Waals surface area (Å²) in [5.74, 6) is -3.25. The van der Waals surface area contributed by atoms with Crippen LogP contribution in [0.5, 0.6) is 11.5 Å². The van der Waals surface area contributed by atoms with Gasteiger partial charge in [-0.05, 0) is 25.1 Å². The fourth-order valence-corrected chi connectivity index (χ4v) is 2.91. The van der Waals surface area contributed by atoms with Crippen molar-refractivity contribution in [2.24, 2.45) is 0 Å². The summed E-state index contributed by atoms with van der Waals surface area (Å²) in [6, 6.07) is 5.36. The second kappa shape index (κ2) is 7.28. The van der Waals surface area contributed by atoms with Gasteiger partial charge in [-0.25, -0.2) is 4.39 Å². The van der Waals surface area contributed by atoms with E-state index < -0.39 is 56.4 Å². The zero-order valence-electron chi connectivity index (χ0n) is 14.4. The van der Waals surface area contributed by atoms with E-state index in [0.717, 1.165) is 25.1 Å². The van der Waals surface area contributed by atoms with Crippen molar-refractivity contribution in [3.05, 3.63) is 57.0 Å². The van der Waals surface area contributed by atoms with E-state index in [1.54, 1.807) is 0 Å². The Hall–Kier alpha value is -3.27. The number of nitrogens with one attached hydrogen (secondary N) is 2. The highest BCUT2D eigenvalue weighted by molar-refractivity contribution is 6.33. The average Bonchev–Trinajstić information content (AvgIpc) is 2.58. The molecule has 0 saturated carbocycles. The van der Waals surface area contributed by atoms with Gasteiger partial charge in [-0.2, -0.15) is 0 Å². The van der Waals surface area contributed by atoms with Crippen molar-refractivity contribution in [2.45, 2.75) is 13.3 Å². The van der Waals surface area contributed by atoms with Crippen LogP contribution < -0.4 is 15.5 Å². The molecule has 1 aromatic heterocycles. The van der Waals surface area contributed by atoms with Crippen LogP contribution in [0.25, 0.3) is 10.9 Å². The van der Waals surface area contributed by atoms with Gasteiger partial charge in [0.25, 0.3) is 0 Å². The highest BCUT2D eigenvalue weighted by atomic mass is 35.5. The van der Waals surface area contributed by atoms with Gasteiger partial charge in [-0.1, -0.05) is 17.7 Å². The van der Waals surface area contributed by atoms with Gasteiger partial charge >= 0.3 is 6.36 Å². The molecule has 0 unspecified atom stereocenters. The second-order valence-electron chi connectivity index (χ2n) is 5.90. The number of carbonyl (C=O) groups excluding carboxylic acids is 1. The van der Waals surface area contributed by atoms with Crippen LogP contribution in [0.3, 0.4) is 0 Å². The Kier molecular flexibility index (Phi) is 5.14. The Morgan fingerprint density at radius 2 is 1.97 bits per heavy atom. The Morgan fingerprint density at radius 1 is 1.28 bits per heavy atom. The van der Waals surface area contributed by atoms with E-state index in [2.05, 4.69) is 15.0 Å². The third kappa shape index (κ3) is 4.11. The maximum Gasteiger partial charge on any atom is 0.573 e. The Labute approximate surface area is 164 Å². The SMILES string of the molecule is CC(=O)c1c(Nc2cccc(OC(F)(F)F)c2)[nH]c2c(F)cc(Cl)c(O)c2c1=O. The number of alkyl halides is 3. The lowest BCUT2D eigenvalue weighted by molar-refractivity contribution is -0.274. The third-order valence-electron chi connectivity index (χ3n) is 3.85. The molecular weight excluding hydrogens is 420 g/mol. The number of anilines is 2. The van der Waals surface area contributed by atoms with E-state index in [4.69, 9.17) is 11.6 Å². The standard InChI is InChI=1S/C18H11ClF4N2O4/c1-7(26)12-16(28)13-14(11(20)6-10(19)15(13)27)25-17(12)24-8-3-2-4-9(5-8)29-18(21,22)23/h2-6,27H,1H3,(H2,24,25,28). The molecular formula is C18H11ClF4N2O4. The number of pyridine rings is 1. The second-order valence-corrected chi connectivity index (χ2v) is 6.31. The lowest BCUT2D eigenvalue weighted by Gasteiger charge is -2.14. The molecule has 0 spiro atoms. The maximum absolute atomic E-state index is 14.3. The van der Waals surface area contributed by atoms with Crippen LogP contribution in [0, 0.1) is 5.82 Å². The van der Waals surface area contributed by atoms with Gasteiger partial charge in [0.1, 0.15) is 28.7 Å². The fourth-order valence-electron chi connectivity index (χ4n) is 2.72. The lowest BCUT2D eigenvalue weighted by Crippen LogP contribution is -2.19. The summed E-state index contributed by atoms with van der Waals surface area (Å²) < 4.78 is 55.3. The first kappa shape index (κ1) is 20.5. The van der Waals surface area contributed by atoms with Crippen molar-refractivity contribution in [1.82, 2.24) is 4.98 Å². The van der Waals surface area contributed by atoms with Crippen molar-refractivity contribution in [1.29, 1.82) is 0 Å². The minimum atomic E-state index is -4.92. The molecule has 11 heteroatoms. The molecule has 0 bridgehead atoms. The van der Waals surface area contributed by atoms with E-state index >= 15 is 0 Å². The van der Waals surface area contributed by atoms with Crippen molar-refractivity contribution < 1.29 is 32.2 Å². The Morgan fingerprint density at radius 3 is 2.59 bits per heavy atom. The topological polar surface area (TPSA) is 91.4 Å². The number of aromatic hydroxyl groups is 1. The number of aromatic amines is 1. The van der Waals surface area contributed by atoms with Gasteiger partial charge < -0.3 is 20.1 Å². The van der Waals surface area contributed by atoms with E-state index in [0.29, 0.717) is 0 Å².